The Labute approximate surface area is 83.5 Å². The van der Waals surface area contributed by atoms with Crippen molar-refractivity contribution in [1.82, 2.24) is 5.32 Å². The highest BCUT2D eigenvalue weighted by Crippen LogP contribution is 2.18. The van der Waals surface area contributed by atoms with E-state index < -0.39 is 0 Å². The van der Waals surface area contributed by atoms with Crippen molar-refractivity contribution in [3.8, 4) is 0 Å². The van der Waals surface area contributed by atoms with Crippen LogP contribution in [0.5, 0.6) is 0 Å². The topological polar surface area (TPSA) is 42.2 Å². The molecule has 76 valence electrons. The molecule has 1 aromatic rings. The Hall–Kier alpha value is -1.09. The first kappa shape index (κ1) is 9.46. The fourth-order valence-corrected chi connectivity index (χ4v) is 1.41. The van der Waals surface area contributed by atoms with Gasteiger partial charge in [-0.3, -0.25) is 4.79 Å². The molecule has 3 heteroatoms. The van der Waals surface area contributed by atoms with Gasteiger partial charge in [0, 0.05) is 25.4 Å². The predicted molar refractivity (Wildman–Crippen MR) is 53.1 cm³/mol. The lowest BCUT2D eigenvalue weighted by molar-refractivity contribution is -0.118. The number of carbonyl (C=O) groups excluding carboxylic acids is 1. The summed E-state index contributed by atoms with van der Waals surface area (Å²) in [5, 5.41) is 3.32. The molecule has 2 rings (SSSR count). The predicted octanol–water partition coefficient (Wildman–Crippen LogP) is 1.53. The van der Waals surface area contributed by atoms with Gasteiger partial charge in [0.2, 0.25) is 0 Å². The van der Waals surface area contributed by atoms with Gasteiger partial charge in [-0.25, -0.2) is 0 Å². The van der Waals surface area contributed by atoms with Crippen LogP contribution in [0.2, 0.25) is 0 Å². The summed E-state index contributed by atoms with van der Waals surface area (Å²) in [7, 11) is 0. The van der Waals surface area contributed by atoms with Crippen molar-refractivity contribution < 1.29 is 9.21 Å². The molecular weight excluding hydrogens is 178 g/mol. The van der Waals surface area contributed by atoms with Crippen LogP contribution in [0.15, 0.2) is 23.0 Å². The van der Waals surface area contributed by atoms with E-state index in [1.54, 1.807) is 12.5 Å². The summed E-state index contributed by atoms with van der Waals surface area (Å²) >= 11 is 0. The molecule has 1 aliphatic rings. The summed E-state index contributed by atoms with van der Waals surface area (Å²) in [6.45, 7) is 0.821. The molecule has 1 saturated carbocycles. The monoisotopic (exact) mass is 193 g/mol. The van der Waals surface area contributed by atoms with Crippen LogP contribution in [0.1, 0.15) is 24.8 Å². The molecule has 1 fully saturated rings. The average molecular weight is 193 g/mol. The fraction of sp³-hybridized carbons (Fsp3) is 0.545. The minimum atomic E-state index is 0.277. The maximum Gasteiger partial charge on any atom is 0.138 e. The van der Waals surface area contributed by atoms with E-state index in [0.29, 0.717) is 18.9 Å². The van der Waals surface area contributed by atoms with Gasteiger partial charge in [0.1, 0.15) is 5.78 Å². The number of ketones is 1. The third kappa shape index (κ3) is 3.00. The van der Waals surface area contributed by atoms with Crippen molar-refractivity contribution in [1.29, 1.82) is 0 Å². The van der Waals surface area contributed by atoms with Crippen molar-refractivity contribution in [2.75, 3.05) is 6.54 Å². The van der Waals surface area contributed by atoms with E-state index in [1.807, 2.05) is 6.07 Å². The summed E-state index contributed by atoms with van der Waals surface area (Å²) in [4.78, 5) is 11.4. The fourth-order valence-electron chi connectivity index (χ4n) is 1.41. The van der Waals surface area contributed by atoms with E-state index in [1.165, 1.54) is 12.8 Å². The highest BCUT2D eigenvalue weighted by atomic mass is 16.3. The first-order chi connectivity index (χ1) is 6.84. The van der Waals surface area contributed by atoms with Crippen molar-refractivity contribution in [3.63, 3.8) is 0 Å². The Morgan fingerprint density at radius 2 is 2.43 bits per heavy atom. The van der Waals surface area contributed by atoms with E-state index >= 15 is 0 Å². The van der Waals surface area contributed by atoms with Gasteiger partial charge in [0.15, 0.2) is 0 Å². The van der Waals surface area contributed by atoms with Gasteiger partial charge in [0.25, 0.3) is 0 Å². The summed E-state index contributed by atoms with van der Waals surface area (Å²) in [5.41, 5.74) is 0.974. The number of rotatable bonds is 6. The molecular formula is C11H15NO2. The molecule has 0 aromatic carbocycles. The molecule has 1 aromatic heterocycles. The minimum absolute atomic E-state index is 0.277. The number of Topliss-reactive ketones (excluding diaryl/α,β-unsaturated/α-hetero) is 1. The van der Waals surface area contributed by atoms with Crippen LogP contribution in [-0.4, -0.2) is 18.4 Å². The van der Waals surface area contributed by atoms with Crippen LogP contribution in [0.25, 0.3) is 0 Å². The Morgan fingerprint density at radius 1 is 1.57 bits per heavy atom. The van der Waals surface area contributed by atoms with E-state index in [-0.39, 0.29) is 5.78 Å². The summed E-state index contributed by atoms with van der Waals surface area (Å²) in [6.07, 6.45) is 6.91. The molecule has 0 radical (unpaired) electrons. The van der Waals surface area contributed by atoms with Crippen molar-refractivity contribution in [2.45, 2.75) is 31.7 Å². The summed E-state index contributed by atoms with van der Waals surface area (Å²) in [5.74, 6) is 0.277. The number of hydrogen-bond acceptors (Lipinski definition) is 3. The van der Waals surface area contributed by atoms with Gasteiger partial charge in [-0.2, -0.15) is 0 Å². The van der Waals surface area contributed by atoms with Crippen molar-refractivity contribution >= 4 is 5.78 Å². The van der Waals surface area contributed by atoms with E-state index in [2.05, 4.69) is 5.32 Å². The molecule has 14 heavy (non-hydrogen) atoms. The highest BCUT2D eigenvalue weighted by molar-refractivity contribution is 5.80. The molecule has 0 amide bonds. The van der Waals surface area contributed by atoms with E-state index in [0.717, 1.165) is 12.1 Å². The van der Waals surface area contributed by atoms with Gasteiger partial charge in [0.05, 0.1) is 12.5 Å². The van der Waals surface area contributed by atoms with Crippen LogP contribution in [-0.2, 0) is 11.2 Å². The van der Waals surface area contributed by atoms with Gasteiger partial charge < -0.3 is 9.73 Å². The zero-order chi connectivity index (χ0) is 9.80. The highest BCUT2D eigenvalue weighted by Gasteiger charge is 2.20. The quantitative estimate of drug-likeness (QED) is 0.745. The van der Waals surface area contributed by atoms with Crippen LogP contribution in [0.4, 0.5) is 0 Å². The number of furan rings is 1. The van der Waals surface area contributed by atoms with Gasteiger partial charge in [-0.15, -0.1) is 0 Å². The number of hydrogen-bond donors (Lipinski definition) is 1. The molecule has 1 N–H and O–H groups in total. The second-order valence-corrected chi connectivity index (χ2v) is 3.83. The zero-order valence-electron chi connectivity index (χ0n) is 8.16. The SMILES string of the molecule is O=C(CCNC1CC1)Cc1ccoc1. The normalized spacial score (nSPS) is 15.7. The van der Waals surface area contributed by atoms with E-state index in [9.17, 15) is 4.79 Å². The van der Waals surface area contributed by atoms with Crippen LogP contribution in [0.3, 0.4) is 0 Å². The standard InChI is InChI=1S/C11H15NO2/c13-11(3-5-12-10-1-2-10)7-9-4-6-14-8-9/h4,6,8,10,12H,1-3,5,7H2. The second-order valence-electron chi connectivity index (χ2n) is 3.83. The molecule has 0 atom stereocenters. The van der Waals surface area contributed by atoms with Crippen LogP contribution in [0, 0.1) is 0 Å². The molecule has 3 nitrogen and oxygen atoms in total. The molecule has 1 aliphatic carbocycles. The number of carbonyl (C=O) groups is 1. The zero-order valence-corrected chi connectivity index (χ0v) is 8.16. The Kier molecular flexibility index (Phi) is 2.99. The Morgan fingerprint density at radius 3 is 3.07 bits per heavy atom. The van der Waals surface area contributed by atoms with Gasteiger partial charge in [-0.05, 0) is 24.5 Å². The van der Waals surface area contributed by atoms with Crippen LogP contribution >= 0.6 is 0 Å². The largest absolute Gasteiger partial charge is 0.472 e. The minimum Gasteiger partial charge on any atom is -0.472 e. The maximum absolute atomic E-state index is 11.4. The maximum atomic E-state index is 11.4. The second kappa shape index (κ2) is 4.42. The average Bonchev–Trinajstić information content (AvgIpc) is 2.83. The molecule has 0 bridgehead atoms. The van der Waals surface area contributed by atoms with Gasteiger partial charge >= 0.3 is 0 Å². The Balaban J connectivity index is 1.62. The van der Waals surface area contributed by atoms with E-state index in [4.69, 9.17) is 4.42 Å². The van der Waals surface area contributed by atoms with Crippen LogP contribution < -0.4 is 5.32 Å². The van der Waals surface area contributed by atoms with Gasteiger partial charge in [-0.1, -0.05) is 0 Å². The molecule has 0 aliphatic heterocycles. The lowest BCUT2D eigenvalue weighted by Gasteiger charge is -2.00. The van der Waals surface area contributed by atoms with Crippen molar-refractivity contribution in [3.05, 3.63) is 24.2 Å². The lowest BCUT2D eigenvalue weighted by Crippen LogP contribution is -2.20. The Bertz CT molecular complexity index is 288. The molecule has 0 spiro atoms. The number of nitrogens with one attached hydrogen (secondary N) is 1. The lowest BCUT2D eigenvalue weighted by atomic mass is 10.1. The molecule has 1 heterocycles. The summed E-state index contributed by atoms with van der Waals surface area (Å²) < 4.78 is 4.90. The third-order valence-corrected chi connectivity index (χ3v) is 2.40. The molecule has 0 unspecified atom stereocenters. The summed E-state index contributed by atoms with van der Waals surface area (Å²) in [6, 6.07) is 2.53. The first-order valence-corrected chi connectivity index (χ1v) is 5.11. The molecule has 0 saturated heterocycles. The first-order valence-electron chi connectivity index (χ1n) is 5.11. The smallest absolute Gasteiger partial charge is 0.138 e. The van der Waals surface area contributed by atoms with Crippen molar-refractivity contribution in [2.24, 2.45) is 0 Å². The third-order valence-electron chi connectivity index (χ3n) is 2.40.